The number of hydrazine groups is 1. The van der Waals surface area contributed by atoms with Crippen LogP contribution in [-0.4, -0.2) is 64.6 Å². The van der Waals surface area contributed by atoms with Crippen molar-refractivity contribution in [3.63, 3.8) is 0 Å². The van der Waals surface area contributed by atoms with Gasteiger partial charge in [0.1, 0.15) is 0 Å². The molecule has 35 heavy (non-hydrogen) atoms. The number of benzene rings is 2. The Bertz CT molecular complexity index is 1210. The highest BCUT2D eigenvalue weighted by Crippen LogP contribution is 2.29. The van der Waals surface area contributed by atoms with Crippen molar-refractivity contribution < 1.29 is 13.6 Å². The lowest BCUT2D eigenvalue weighted by Gasteiger charge is -2.39. The summed E-state index contributed by atoms with van der Waals surface area (Å²) in [5, 5.41) is 5.64. The molecule has 1 amide bonds. The van der Waals surface area contributed by atoms with Gasteiger partial charge in [-0.2, -0.15) is 0 Å². The Morgan fingerprint density at radius 3 is 2.57 bits per heavy atom. The third-order valence-corrected chi connectivity index (χ3v) is 7.32. The molecule has 0 saturated carbocycles. The Labute approximate surface area is 205 Å². The van der Waals surface area contributed by atoms with E-state index in [1.807, 2.05) is 29.2 Å². The van der Waals surface area contributed by atoms with E-state index < -0.39 is 11.6 Å². The number of carbonyl (C=O) groups excluding carboxylic acids is 1. The molecule has 2 aromatic carbocycles. The Morgan fingerprint density at radius 1 is 1.00 bits per heavy atom. The van der Waals surface area contributed by atoms with Crippen LogP contribution in [0.5, 0.6) is 0 Å². The molecule has 184 valence electrons. The van der Waals surface area contributed by atoms with Crippen molar-refractivity contribution in [1.29, 1.82) is 0 Å². The zero-order chi connectivity index (χ0) is 24.4. The smallest absolute Gasteiger partial charge is 0.254 e. The number of pyridine rings is 1. The predicted octanol–water partition coefficient (Wildman–Crippen LogP) is 5.51. The molecule has 3 heterocycles. The standard InChI is InChI=1S/C28H32F2N4O/c1-2-32(33-14-6-3-7-15-33)19-21-9-8-16-34(21)28(35)23-18-27(20-12-13-24(29)25(30)17-20)31-26-11-5-4-10-22(23)26/h4-5,10-13,17-18,21H,2-3,6-9,14-16,19H2,1H3. The highest BCUT2D eigenvalue weighted by atomic mass is 19.2. The summed E-state index contributed by atoms with van der Waals surface area (Å²) in [6, 6.07) is 13.1. The number of nitrogens with zero attached hydrogens (tertiary/aromatic N) is 4. The Kier molecular flexibility index (Phi) is 7.07. The zero-order valence-electron chi connectivity index (χ0n) is 20.2. The molecule has 0 bridgehead atoms. The molecule has 2 fully saturated rings. The number of amides is 1. The van der Waals surface area contributed by atoms with Crippen molar-refractivity contribution in [2.75, 3.05) is 32.7 Å². The molecule has 1 unspecified atom stereocenters. The number of hydrogen-bond donors (Lipinski definition) is 0. The number of para-hydroxylation sites is 1. The Hall–Kier alpha value is -2.90. The molecule has 0 aliphatic carbocycles. The van der Waals surface area contributed by atoms with Crippen molar-refractivity contribution in [3.8, 4) is 11.3 Å². The van der Waals surface area contributed by atoms with Crippen LogP contribution < -0.4 is 0 Å². The van der Waals surface area contributed by atoms with E-state index in [-0.39, 0.29) is 11.9 Å². The molecule has 1 atom stereocenters. The Balaban J connectivity index is 1.46. The van der Waals surface area contributed by atoms with Crippen molar-refractivity contribution in [3.05, 3.63) is 65.7 Å². The second kappa shape index (κ2) is 10.4. The van der Waals surface area contributed by atoms with E-state index in [0.29, 0.717) is 22.3 Å². The van der Waals surface area contributed by atoms with Gasteiger partial charge in [-0.15, -0.1) is 0 Å². The molecule has 0 radical (unpaired) electrons. The summed E-state index contributed by atoms with van der Waals surface area (Å²) in [7, 11) is 0. The maximum absolute atomic E-state index is 14.0. The normalized spacial score (nSPS) is 19.1. The van der Waals surface area contributed by atoms with Crippen LogP contribution in [0.2, 0.25) is 0 Å². The third kappa shape index (κ3) is 4.93. The van der Waals surface area contributed by atoms with Crippen LogP contribution in [0.15, 0.2) is 48.5 Å². The summed E-state index contributed by atoms with van der Waals surface area (Å²) in [4.78, 5) is 20.6. The van der Waals surface area contributed by atoms with E-state index >= 15 is 0 Å². The largest absolute Gasteiger partial charge is 0.334 e. The van der Waals surface area contributed by atoms with Crippen LogP contribution in [0, 0.1) is 11.6 Å². The van der Waals surface area contributed by atoms with Crippen LogP contribution in [0.1, 0.15) is 49.4 Å². The maximum Gasteiger partial charge on any atom is 0.254 e. The third-order valence-electron chi connectivity index (χ3n) is 7.32. The topological polar surface area (TPSA) is 39.7 Å². The van der Waals surface area contributed by atoms with Crippen LogP contribution >= 0.6 is 0 Å². The fraction of sp³-hybridized carbons (Fsp3) is 0.429. The first-order chi connectivity index (χ1) is 17.0. The SMILES string of the molecule is CCN(CC1CCCN1C(=O)c1cc(-c2ccc(F)c(F)c2)nc2ccccc12)N1CCCCC1. The van der Waals surface area contributed by atoms with Gasteiger partial charge in [-0.1, -0.05) is 31.5 Å². The summed E-state index contributed by atoms with van der Waals surface area (Å²) in [5.41, 5.74) is 2.13. The number of piperidine rings is 1. The van der Waals surface area contributed by atoms with E-state index in [1.165, 1.54) is 25.3 Å². The van der Waals surface area contributed by atoms with Gasteiger partial charge >= 0.3 is 0 Å². The van der Waals surface area contributed by atoms with Crippen molar-refractivity contribution in [2.24, 2.45) is 0 Å². The minimum absolute atomic E-state index is 0.0235. The lowest BCUT2D eigenvalue weighted by Crippen LogP contribution is -2.51. The van der Waals surface area contributed by atoms with Crippen LogP contribution in [0.25, 0.3) is 22.2 Å². The zero-order valence-corrected chi connectivity index (χ0v) is 20.2. The van der Waals surface area contributed by atoms with E-state index in [1.54, 1.807) is 6.07 Å². The fourth-order valence-corrected chi connectivity index (χ4v) is 5.45. The number of rotatable bonds is 6. The molecular weight excluding hydrogens is 446 g/mol. The van der Waals surface area contributed by atoms with E-state index in [0.717, 1.165) is 63.1 Å². The lowest BCUT2D eigenvalue weighted by atomic mass is 10.0. The molecule has 7 heteroatoms. The number of halogens is 2. The van der Waals surface area contributed by atoms with Crippen LogP contribution in [0.4, 0.5) is 8.78 Å². The average Bonchev–Trinajstić information content (AvgIpc) is 3.36. The minimum atomic E-state index is -0.928. The predicted molar refractivity (Wildman–Crippen MR) is 134 cm³/mol. The van der Waals surface area contributed by atoms with Crippen molar-refractivity contribution in [1.82, 2.24) is 19.9 Å². The summed E-state index contributed by atoms with van der Waals surface area (Å²) >= 11 is 0. The first kappa shape index (κ1) is 23.8. The lowest BCUT2D eigenvalue weighted by molar-refractivity contribution is -0.0471. The van der Waals surface area contributed by atoms with E-state index in [4.69, 9.17) is 0 Å². The van der Waals surface area contributed by atoms with Gasteiger partial charge in [-0.05, 0) is 56.0 Å². The quantitative estimate of drug-likeness (QED) is 0.469. The van der Waals surface area contributed by atoms with Crippen molar-refractivity contribution >= 4 is 16.8 Å². The highest BCUT2D eigenvalue weighted by molar-refractivity contribution is 6.07. The van der Waals surface area contributed by atoms with E-state index in [9.17, 15) is 13.6 Å². The molecule has 5 rings (SSSR count). The minimum Gasteiger partial charge on any atom is -0.334 e. The number of aromatic nitrogens is 1. The summed E-state index contributed by atoms with van der Waals surface area (Å²) in [6.45, 7) is 6.83. The highest BCUT2D eigenvalue weighted by Gasteiger charge is 2.33. The Morgan fingerprint density at radius 2 is 1.80 bits per heavy atom. The van der Waals surface area contributed by atoms with Gasteiger partial charge in [-0.25, -0.2) is 23.8 Å². The summed E-state index contributed by atoms with van der Waals surface area (Å²) in [5.74, 6) is -1.85. The first-order valence-electron chi connectivity index (χ1n) is 12.7. The molecule has 2 saturated heterocycles. The number of carbonyl (C=O) groups is 1. The average molecular weight is 479 g/mol. The number of hydrogen-bond acceptors (Lipinski definition) is 4. The number of likely N-dealkylation sites (N-methyl/N-ethyl adjacent to an activating group) is 1. The molecule has 1 aromatic heterocycles. The maximum atomic E-state index is 14.0. The van der Waals surface area contributed by atoms with Gasteiger partial charge in [0.05, 0.1) is 16.8 Å². The van der Waals surface area contributed by atoms with Gasteiger partial charge in [-0.3, -0.25) is 4.79 Å². The molecule has 0 N–H and O–H groups in total. The molecule has 2 aliphatic heterocycles. The monoisotopic (exact) mass is 478 g/mol. The fourth-order valence-electron chi connectivity index (χ4n) is 5.45. The number of fused-ring (bicyclic) bond motifs is 1. The van der Waals surface area contributed by atoms with Crippen molar-refractivity contribution in [2.45, 2.75) is 45.1 Å². The molecule has 3 aromatic rings. The first-order valence-corrected chi connectivity index (χ1v) is 12.7. The second-order valence-corrected chi connectivity index (χ2v) is 9.52. The molecular formula is C28H32F2N4O. The molecule has 5 nitrogen and oxygen atoms in total. The molecule has 2 aliphatic rings. The van der Waals surface area contributed by atoms with Gasteiger partial charge in [0.15, 0.2) is 11.6 Å². The van der Waals surface area contributed by atoms with E-state index in [2.05, 4.69) is 21.9 Å². The summed E-state index contributed by atoms with van der Waals surface area (Å²) < 4.78 is 27.5. The summed E-state index contributed by atoms with van der Waals surface area (Å²) in [6.07, 6.45) is 5.69. The number of likely N-dealkylation sites (tertiary alicyclic amines) is 1. The molecule has 0 spiro atoms. The van der Waals surface area contributed by atoms with Gasteiger partial charge in [0.25, 0.3) is 5.91 Å². The van der Waals surface area contributed by atoms with Gasteiger partial charge in [0.2, 0.25) is 0 Å². The van der Waals surface area contributed by atoms with Gasteiger partial charge in [0, 0.05) is 49.7 Å². The van der Waals surface area contributed by atoms with Gasteiger partial charge < -0.3 is 4.90 Å². The van der Waals surface area contributed by atoms with Crippen LogP contribution in [-0.2, 0) is 0 Å². The van der Waals surface area contributed by atoms with Crippen LogP contribution in [0.3, 0.4) is 0 Å². The second-order valence-electron chi connectivity index (χ2n) is 9.52.